The van der Waals surface area contributed by atoms with Crippen molar-refractivity contribution < 1.29 is 0 Å². The normalized spacial score (nSPS) is 13.6. The third-order valence-electron chi connectivity index (χ3n) is 4.92. The van der Waals surface area contributed by atoms with E-state index in [1.165, 1.54) is 11.3 Å². The van der Waals surface area contributed by atoms with E-state index in [1.54, 1.807) is 0 Å². The Labute approximate surface area is 193 Å². The maximum absolute atomic E-state index is 4.87. The monoisotopic (exact) mass is 441 g/mol. The third-order valence-corrected chi connectivity index (χ3v) is 5.86. The van der Waals surface area contributed by atoms with E-state index >= 15 is 0 Å². The van der Waals surface area contributed by atoms with Crippen LogP contribution in [-0.4, -0.2) is 48.9 Å². The Kier molecular flexibility index (Phi) is 11.3. The lowest BCUT2D eigenvalue weighted by atomic mass is 10.2. The van der Waals surface area contributed by atoms with Crippen LogP contribution < -0.4 is 15.2 Å². The Hall–Kier alpha value is -2.21. The van der Waals surface area contributed by atoms with Gasteiger partial charge in [-0.1, -0.05) is 57.5 Å². The van der Waals surface area contributed by atoms with Crippen molar-refractivity contribution in [2.75, 3.05) is 52.9 Å². The molecule has 0 amide bonds. The van der Waals surface area contributed by atoms with Gasteiger partial charge >= 0.3 is 0 Å². The second kappa shape index (κ2) is 14.0. The molecule has 0 aliphatic carbocycles. The van der Waals surface area contributed by atoms with Crippen molar-refractivity contribution in [1.82, 2.24) is 4.98 Å². The SMILES string of the molecule is CC.CCCN(CCC)c1cc(N/N=C/c2cccc(C)c2)nc(N2CCSCC2)c1. The summed E-state index contributed by atoms with van der Waals surface area (Å²) < 4.78 is 0. The molecule has 0 saturated carbocycles. The van der Waals surface area contributed by atoms with E-state index in [1.807, 2.05) is 31.8 Å². The summed E-state index contributed by atoms with van der Waals surface area (Å²) >= 11 is 2.02. The molecule has 0 bridgehead atoms. The number of nitrogens with zero attached hydrogens (tertiary/aromatic N) is 4. The zero-order chi connectivity index (χ0) is 22.5. The highest BCUT2D eigenvalue weighted by Gasteiger charge is 2.16. The summed E-state index contributed by atoms with van der Waals surface area (Å²) in [5.74, 6) is 4.17. The molecule has 1 aromatic carbocycles. The number of hydrogen-bond acceptors (Lipinski definition) is 6. The van der Waals surface area contributed by atoms with Crippen LogP contribution in [0.2, 0.25) is 0 Å². The molecule has 1 aliphatic rings. The van der Waals surface area contributed by atoms with Crippen molar-refractivity contribution in [2.24, 2.45) is 5.10 Å². The van der Waals surface area contributed by atoms with E-state index in [0.29, 0.717) is 0 Å². The van der Waals surface area contributed by atoms with E-state index in [0.717, 1.165) is 67.7 Å². The Morgan fingerprint density at radius 2 is 1.81 bits per heavy atom. The van der Waals surface area contributed by atoms with Gasteiger partial charge in [-0.2, -0.15) is 16.9 Å². The molecule has 31 heavy (non-hydrogen) atoms. The molecule has 170 valence electrons. The predicted octanol–water partition coefficient (Wildman–Crippen LogP) is 6.04. The van der Waals surface area contributed by atoms with Gasteiger partial charge in [0.05, 0.1) is 6.21 Å². The molecule has 2 heterocycles. The minimum absolute atomic E-state index is 0.803. The Morgan fingerprint density at radius 1 is 1.10 bits per heavy atom. The standard InChI is InChI=1S/C23H33N5S.C2H6/c1-4-9-27(10-5-2)21-16-22(25-23(17-21)28-11-13-29-14-12-28)26-24-18-20-8-6-7-19(3)15-20;1-2/h6-8,15-18H,4-5,9-14H2,1-3H3,(H,25,26);1-2H3/b24-18+;. The molecule has 1 N–H and O–H groups in total. The second-order valence-electron chi connectivity index (χ2n) is 7.44. The van der Waals surface area contributed by atoms with Crippen molar-refractivity contribution in [3.8, 4) is 0 Å². The quantitative estimate of drug-likeness (QED) is 0.379. The molecule has 1 aliphatic heterocycles. The molecular formula is C25H39N5S. The van der Waals surface area contributed by atoms with Crippen LogP contribution in [-0.2, 0) is 0 Å². The number of nitrogens with one attached hydrogen (secondary N) is 1. The number of rotatable bonds is 9. The van der Waals surface area contributed by atoms with Crippen molar-refractivity contribution in [3.63, 3.8) is 0 Å². The van der Waals surface area contributed by atoms with Gasteiger partial charge in [0.25, 0.3) is 0 Å². The summed E-state index contributed by atoms with van der Waals surface area (Å²) in [6.07, 6.45) is 4.12. The first-order valence-corrected chi connectivity index (χ1v) is 12.8. The van der Waals surface area contributed by atoms with Gasteiger partial charge in [0.1, 0.15) is 5.82 Å². The van der Waals surface area contributed by atoms with Crippen LogP contribution in [0.3, 0.4) is 0 Å². The Bertz CT molecular complexity index is 796. The van der Waals surface area contributed by atoms with Crippen LogP contribution >= 0.6 is 11.8 Å². The number of pyridine rings is 1. The van der Waals surface area contributed by atoms with Crippen LogP contribution in [0.1, 0.15) is 51.7 Å². The first kappa shape index (κ1) is 25.1. The molecular weight excluding hydrogens is 402 g/mol. The molecule has 5 nitrogen and oxygen atoms in total. The van der Waals surface area contributed by atoms with Gasteiger partial charge in [0.2, 0.25) is 0 Å². The lowest BCUT2D eigenvalue weighted by Gasteiger charge is -2.30. The first-order valence-electron chi connectivity index (χ1n) is 11.6. The summed E-state index contributed by atoms with van der Waals surface area (Å²) in [5.41, 5.74) is 6.71. The summed E-state index contributed by atoms with van der Waals surface area (Å²) in [6.45, 7) is 14.8. The van der Waals surface area contributed by atoms with Gasteiger partial charge < -0.3 is 9.80 Å². The second-order valence-corrected chi connectivity index (χ2v) is 8.66. The summed E-state index contributed by atoms with van der Waals surface area (Å²) in [4.78, 5) is 9.73. The van der Waals surface area contributed by atoms with E-state index in [9.17, 15) is 0 Å². The fraction of sp³-hybridized carbons (Fsp3) is 0.520. The zero-order valence-electron chi connectivity index (χ0n) is 19.9. The molecule has 1 saturated heterocycles. The number of anilines is 3. The number of hydrazone groups is 1. The average molecular weight is 442 g/mol. The van der Waals surface area contributed by atoms with Gasteiger partial charge in [-0.3, -0.25) is 5.43 Å². The Morgan fingerprint density at radius 3 is 2.45 bits per heavy atom. The maximum atomic E-state index is 4.87. The van der Waals surface area contributed by atoms with Gasteiger partial charge in [-0.05, 0) is 25.3 Å². The first-order chi connectivity index (χ1) is 15.2. The fourth-order valence-electron chi connectivity index (χ4n) is 3.53. The number of benzene rings is 1. The van der Waals surface area contributed by atoms with Crippen molar-refractivity contribution in [3.05, 3.63) is 47.5 Å². The van der Waals surface area contributed by atoms with Crippen LogP contribution in [0.15, 0.2) is 41.5 Å². The molecule has 0 atom stereocenters. The van der Waals surface area contributed by atoms with Gasteiger partial charge in [0.15, 0.2) is 5.82 Å². The van der Waals surface area contributed by atoms with E-state index in [-0.39, 0.29) is 0 Å². The molecule has 0 unspecified atom stereocenters. The number of aryl methyl sites for hydroxylation is 1. The number of aromatic nitrogens is 1. The van der Waals surface area contributed by atoms with Crippen LogP contribution in [0.5, 0.6) is 0 Å². The highest BCUT2D eigenvalue weighted by molar-refractivity contribution is 7.99. The van der Waals surface area contributed by atoms with Crippen LogP contribution in [0, 0.1) is 6.92 Å². The number of thioether (sulfide) groups is 1. The van der Waals surface area contributed by atoms with Crippen molar-refractivity contribution in [1.29, 1.82) is 0 Å². The lowest BCUT2D eigenvalue weighted by Crippen LogP contribution is -2.33. The third kappa shape index (κ3) is 8.09. The van der Waals surface area contributed by atoms with Crippen LogP contribution in [0.4, 0.5) is 17.3 Å². The zero-order valence-corrected chi connectivity index (χ0v) is 20.7. The Balaban J connectivity index is 0.00000166. The molecule has 3 rings (SSSR count). The van der Waals surface area contributed by atoms with Crippen LogP contribution in [0.25, 0.3) is 0 Å². The molecule has 0 radical (unpaired) electrons. The number of hydrogen-bond donors (Lipinski definition) is 1. The molecule has 2 aromatic rings. The fourth-order valence-corrected chi connectivity index (χ4v) is 4.43. The molecule has 1 aromatic heterocycles. The predicted molar refractivity (Wildman–Crippen MR) is 140 cm³/mol. The summed E-state index contributed by atoms with van der Waals surface area (Å²) in [7, 11) is 0. The lowest BCUT2D eigenvalue weighted by molar-refractivity contribution is 0.743. The van der Waals surface area contributed by atoms with Gasteiger partial charge in [-0.15, -0.1) is 0 Å². The molecule has 1 fully saturated rings. The molecule has 6 heteroatoms. The molecule has 0 spiro atoms. The van der Waals surface area contributed by atoms with Crippen molar-refractivity contribution >= 4 is 35.3 Å². The highest BCUT2D eigenvalue weighted by Crippen LogP contribution is 2.27. The van der Waals surface area contributed by atoms with E-state index in [4.69, 9.17) is 4.98 Å². The topological polar surface area (TPSA) is 43.8 Å². The van der Waals surface area contributed by atoms with Gasteiger partial charge in [-0.25, -0.2) is 4.98 Å². The van der Waals surface area contributed by atoms with E-state index < -0.39 is 0 Å². The highest BCUT2D eigenvalue weighted by atomic mass is 32.2. The van der Waals surface area contributed by atoms with E-state index in [2.05, 4.69) is 77.5 Å². The summed E-state index contributed by atoms with van der Waals surface area (Å²) in [5, 5.41) is 4.45. The largest absolute Gasteiger partial charge is 0.371 e. The minimum Gasteiger partial charge on any atom is -0.371 e. The maximum Gasteiger partial charge on any atom is 0.150 e. The van der Waals surface area contributed by atoms with Gasteiger partial charge in [0, 0.05) is 55.5 Å². The summed E-state index contributed by atoms with van der Waals surface area (Å²) in [6, 6.07) is 12.7. The minimum atomic E-state index is 0.803. The smallest absolute Gasteiger partial charge is 0.150 e. The van der Waals surface area contributed by atoms with Crippen molar-refractivity contribution in [2.45, 2.75) is 47.5 Å². The average Bonchev–Trinajstić information content (AvgIpc) is 2.81.